The van der Waals surface area contributed by atoms with Crippen molar-refractivity contribution < 1.29 is 23.0 Å². The Bertz CT molecular complexity index is 752. The number of ether oxygens (including phenoxy) is 1. The molecule has 0 aromatic heterocycles. The van der Waals surface area contributed by atoms with Gasteiger partial charge in [0.1, 0.15) is 11.5 Å². The average molecular weight is 352 g/mol. The van der Waals surface area contributed by atoms with Gasteiger partial charge in [-0.25, -0.2) is 0 Å². The molecule has 0 radical (unpaired) electrons. The smallest absolute Gasteiger partial charge is 0.416 e. The number of fused-ring (bicyclic) bond motifs is 1. The molecule has 2 N–H and O–H groups in total. The van der Waals surface area contributed by atoms with Crippen LogP contribution < -0.4 is 15.0 Å². The Hall–Kier alpha value is -2.41. The third-order valence-corrected chi connectivity index (χ3v) is 3.76. The third kappa shape index (κ3) is 4.17. The molecule has 4 nitrogen and oxygen atoms in total. The molecule has 1 aliphatic heterocycles. The molecule has 0 aliphatic carbocycles. The number of hydrogen-bond acceptors (Lipinski definition) is 4. The van der Waals surface area contributed by atoms with Crippen molar-refractivity contribution in [1.82, 2.24) is 0 Å². The zero-order valence-corrected chi connectivity index (χ0v) is 13.9. The number of aliphatic hydroxyl groups is 1. The summed E-state index contributed by atoms with van der Waals surface area (Å²) in [6.07, 6.45) is -4.36. The van der Waals surface area contributed by atoms with E-state index in [9.17, 15) is 18.3 Å². The Morgan fingerprint density at radius 2 is 1.72 bits per heavy atom. The standard InChI is InChI=1S/C18H19F3N2O2/c1-17(2,24)10-23-11-22-15-9-14(7-8-16(15)23)25-13-5-3-12(4-6-13)18(19,20)21/h3-9,22,24H,10-11H2,1-2H3. The fraction of sp³-hybridized carbons (Fsp3) is 0.333. The van der Waals surface area contributed by atoms with Crippen LogP contribution in [-0.2, 0) is 6.18 Å². The second kappa shape index (κ2) is 6.15. The highest BCUT2D eigenvalue weighted by atomic mass is 19.4. The molecule has 0 bridgehead atoms. The normalized spacial score (nSPS) is 14.2. The Morgan fingerprint density at radius 1 is 1.08 bits per heavy atom. The first-order chi connectivity index (χ1) is 11.6. The number of benzene rings is 2. The van der Waals surface area contributed by atoms with Crippen LogP contribution in [0, 0.1) is 0 Å². The Balaban J connectivity index is 1.73. The predicted octanol–water partition coefficient (Wildman–Crippen LogP) is 4.46. The number of alkyl halides is 3. The van der Waals surface area contributed by atoms with E-state index in [4.69, 9.17) is 4.74 Å². The van der Waals surface area contributed by atoms with E-state index in [1.54, 1.807) is 26.0 Å². The minimum absolute atomic E-state index is 0.333. The molecule has 0 saturated carbocycles. The Kier molecular flexibility index (Phi) is 4.28. The number of hydrogen-bond donors (Lipinski definition) is 2. The maximum absolute atomic E-state index is 12.6. The highest BCUT2D eigenvalue weighted by Crippen LogP contribution is 2.37. The molecule has 2 aromatic rings. The van der Waals surface area contributed by atoms with E-state index in [1.165, 1.54) is 12.1 Å². The minimum Gasteiger partial charge on any atom is -0.457 e. The summed E-state index contributed by atoms with van der Waals surface area (Å²) in [5.41, 5.74) is 0.270. The number of rotatable bonds is 4. The van der Waals surface area contributed by atoms with Crippen molar-refractivity contribution in [3.8, 4) is 11.5 Å². The predicted molar refractivity (Wildman–Crippen MR) is 90.1 cm³/mol. The molecule has 25 heavy (non-hydrogen) atoms. The van der Waals surface area contributed by atoms with Crippen LogP contribution >= 0.6 is 0 Å². The van der Waals surface area contributed by atoms with E-state index < -0.39 is 17.3 Å². The maximum Gasteiger partial charge on any atom is 0.416 e. The average Bonchev–Trinajstić information content (AvgIpc) is 2.87. The Morgan fingerprint density at radius 3 is 2.32 bits per heavy atom. The lowest BCUT2D eigenvalue weighted by molar-refractivity contribution is -0.137. The van der Waals surface area contributed by atoms with Crippen molar-refractivity contribution >= 4 is 11.4 Å². The summed E-state index contributed by atoms with van der Waals surface area (Å²) >= 11 is 0. The van der Waals surface area contributed by atoms with Crippen LogP contribution in [0.15, 0.2) is 42.5 Å². The van der Waals surface area contributed by atoms with Gasteiger partial charge < -0.3 is 20.1 Å². The van der Waals surface area contributed by atoms with Gasteiger partial charge >= 0.3 is 6.18 Å². The fourth-order valence-corrected chi connectivity index (χ4v) is 2.72. The van der Waals surface area contributed by atoms with Gasteiger partial charge in [-0.3, -0.25) is 0 Å². The largest absolute Gasteiger partial charge is 0.457 e. The molecule has 7 heteroatoms. The molecule has 0 spiro atoms. The van der Waals surface area contributed by atoms with Gasteiger partial charge in [0.25, 0.3) is 0 Å². The second-order valence-corrected chi connectivity index (χ2v) is 6.65. The van der Waals surface area contributed by atoms with Gasteiger partial charge in [0.2, 0.25) is 0 Å². The maximum atomic E-state index is 12.6. The first-order valence-electron chi connectivity index (χ1n) is 7.82. The van der Waals surface area contributed by atoms with E-state index in [0.29, 0.717) is 24.7 Å². The molecular formula is C18H19F3N2O2. The van der Waals surface area contributed by atoms with Crippen LogP contribution in [0.3, 0.4) is 0 Å². The van der Waals surface area contributed by atoms with Crippen LogP contribution in [0.1, 0.15) is 19.4 Å². The summed E-state index contributed by atoms with van der Waals surface area (Å²) < 4.78 is 43.4. The van der Waals surface area contributed by atoms with Crippen LogP contribution in [0.2, 0.25) is 0 Å². The molecule has 134 valence electrons. The first kappa shape index (κ1) is 17.4. The molecule has 0 amide bonds. The first-order valence-corrected chi connectivity index (χ1v) is 7.82. The molecule has 0 atom stereocenters. The van der Waals surface area contributed by atoms with Gasteiger partial charge in [0.15, 0.2) is 0 Å². The second-order valence-electron chi connectivity index (χ2n) is 6.65. The fourth-order valence-electron chi connectivity index (χ4n) is 2.72. The third-order valence-electron chi connectivity index (χ3n) is 3.76. The van der Waals surface area contributed by atoms with Crippen LogP contribution in [0.5, 0.6) is 11.5 Å². The van der Waals surface area contributed by atoms with Gasteiger partial charge in [-0.1, -0.05) is 0 Å². The highest BCUT2D eigenvalue weighted by Gasteiger charge is 2.30. The SMILES string of the molecule is CC(C)(O)CN1CNc2cc(Oc3ccc(C(F)(F)F)cc3)ccc21. The monoisotopic (exact) mass is 352 g/mol. The molecule has 1 aliphatic rings. The Labute approximate surface area is 143 Å². The summed E-state index contributed by atoms with van der Waals surface area (Å²) in [7, 11) is 0. The summed E-state index contributed by atoms with van der Waals surface area (Å²) in [6, 6.07) is 9.98. The topological polar surface area (TPSA) is 44.7 Å². The summed E-state index contributed by atoms with van der Waals surface area (Å²) in [4.78, 5) is 2.01. The van der Waals surface area contributed by atoms with Gasteiger partial charge in [0, 0.05) is 12.6 Å². The summed E-state index contributed by atoms with van der Waals surface area (Å²) in [5, 5.41) is 13.2. The molecule has 0 saturated heterocycles. The van der Waals surface area contributed by atoms with Crippen molar-refractivity contribution in [3.05, 3.63) is 48.0 Å². The van der Waals surface area contributed by atoms with Crippen molar-refractivity contribution in [1.29, 1.82) is 0 Å². The number of β-amino-alcohol motifs (C(OH)–C–C–N with tert-alkyl or cyclic N) is 1. The lowest BCUT2D eigenvalue weighted by Gasteiger charge is -2.26. The van der Waals surface area contributed by atoms with Gasteiger partial charge in [-0.2, -0.15) is 13.2 Å². The van der Waals surface area contributed by atoms with Crippen molar-refractivity contribution in [3.63, 3.8) is 0 Å². The van der Waals surface area contributed by atoms with Gasteiger partial charge in [-0.05, 0) is 50.2 Å². The van der Waals surface area contributed by atoms with E-state index in [-0.39, 0.29) is 0 Å². The number of anilines is 2. The molecule has 0 unspecified atom stereocenters. The quantitative estimate of drug-likeness (QED) is 0.853. The van der Waals surface area contributed by atoms with E-state index in [2.05, 4.69) is 5.32 Å². The molecule has 3 rings (SSSR count). The molecule has 2 aromatic carbocycles. The minimum atomic E-state index is -4.36. The van der Waals surface area contributed by atoms with Crippen LogP contribution in [-0.4, -0.2) is 23.9 Å². The van der Waals surface area contributed by atoms with E-state index >= 15 is 0 Å². The summed E-state index contributed by atoms with van der Waals surface area (Å²) in [6.45, 7) is 4.54. The van der Waals surface area contributed by atoms with Crippen molar-refractivity contribution in [2.45, 2.75) is 25.6 Å². The van der Waals surface area contributed by atoms with Crippen molar-refractivity contribution in [2.24, 2.45) is 0 Å². The molecular weight excluding hydrogens is 333 g/mol. The summed E-state index contributed by atoms with van der Waals surface area (Å²) in [5.74, 6) is 0.857. The van der Waals surface area contributed by atoms with Gasteiger partial charge in [-0.15, -0.1) is 0 Å². The lowest BCUT2D eigenvalue weighted by Crippen LogP contribution is -2.38. The molecule has 0 fully saturated rings. The number of halogens is 3. The molecule has 1 heterocycles. The zero-order valence-electron chi connectivity index (χ0n) is 13.9. The number of nitrogens with one attached hydrogen (secondary N) is 1. The van der Waals surface area contributed by atoms with Crippen LogP contribution in [0.4, 0.5) is 24.5 Å². The van der Waals surface area contributed by atoms with Crippen LogP contribution in [0.25, 0.3) is 0 Å². The zero-order chi connectivity index (χ0) is 18.2. The van der Waals surface area contributed by atoms with E-state index in [0.717, 1.165) is 23.5 Å². The highest BCUT2D eigenvalue weighted by molar-refractivity contribution is 5.76. The number of nitrogens with zero attached hydrogens (tertiary/aromatic N) is 1. The van der Waals surface area contributed by atoms with E-state index in [1.807, 2.05) is 11.0 Å². The van der Waals surface area contributed by atoms with Crippen molar-refractivity contribution in [2.75, 3.05) is 23.4 Å². The lowest BCUT2D eigenvalue weighted by atomic mass is 10.1. The van der Waals surface area contributed by atoms with Gasteiger partial charge in [0.05, 0.1) is 29.2 Å².